The van der Waals surface area contributed by atoms with Crippen molar-refractivity contribution < 1.29 is 0 Å². The molecule has 3 aliphatic heterocycles. The summed E-state index contributed by atoms with van der Waals surface area (Å²) in [6.45, 7) is 9.20. The Hall–Kier alpha value is -6.54. The predicted molar refractivity (Wildman–Crippen MR) is 410 cm³/mol. The van der Waals surface area contributed by atoms with E-state index < -0.39 is 0 Å². The lowest BCUT2D eigenvalue weighted by atomic mass is 9.93. The smallest absolute Gasteiger partial charge is 0.0737 e. The van der Waals surface area contributed by atoms with Crippen LogP contribution < -0.4 is 10.7 Å². The second-order valence-electron chi connectivity index (χ2n) is 28.7. The fourth-order valence-corrected chi connectivity index (χ4v) is 14.8. The molecule has 3 aliphatic rings. The van der Waals surface area contributed by atoms with Gasteiger partial charge in [-0.2, -0.15) is 0 Å². The molecule has 96 heavy (non-hydrogen) atoms. The lowest BCUT2D eigenvalue weighted by Crippen LogP contribution is -2.21. The second-order valence-corrected chi connectivity index (χ2v) is 28.7. The third-order valence-electron chi connectivity index (χ3n) is 20.7. The van der Waals surface area contributed by atoms with E-state index in [9.17, 15) is 0 Å². The number of nitrogens with zero attached hydrogens (tertiary/aromatic N) is 6. The van der Waals surface area contributed by atoms with Crippen LogP contribution in [-0.2, 0) is 25.7 Å². The molecule has 0 saturated heterocycles. The fraction of sp³-hybridized carbons (Fsp3) is 0.568. The van der Waals surface area contributed by atoms with Gasteiger partial charge in [-0.1, -0.05) is 289 Å². The van der Waals surface area contributed by atoms with Gasteiger partial charge >= 0.3 is 0 Å². The van der Waals surface area contributed by atoms with Gasteiger partial charge in [-0.05, 0) is 118 Å². The summed E-state index contributed by atoms with van der Waals surface area (Å²) in [5, 5.41) is 2.00. The monoisotopic (exact) mass is 1290 g/mol. The first kappa shape index (κ1) is 73.7. The molecule has 0 aromatic carbocycles. The average molecular weight is 1290 g/mol. The van der Waals surface area contributed by atoms with Gasteiger partial charge in [0, 0.05) is 109 Å². The van der Waals surface area contributed by atoms with Crippen molar-refractivity contribution in [3.8, 4) is 0 Å². The molecule has 8 bridgehead atoms. The number of pyridine rings is 4. The minimum atomic E-state index is -0.184. The molecule has 8 nitrogen and oxygen atoms in total. The zero-order chi connectivity index (χ0) is 66.5. The zero-order valence-electron chi connectivity index (χ0n) is 60.6. The molecule has 0 fully saturated rings. The van der Waals surface area contributed by atoms with E-state index >= 15 is 0 Å². The van der Waals surface area contributed by atoms with Crippen LogP contribution in [0.2, 0.25) is 0 Å². The number of hydrogen-bond donors (Lipinski definition) is 2. The Labute approximate surface area is 581 Å². The first-order valence-corrected chi connectivity index (χ1v) is 39.8. The third kappa shape index (κ3) is 23.9. The summed E-state index contributed by atoms with van der Waals surface area (Å²) in [5.74, 6) is -0.184. The lowest BCUT2D eigenvalue weighted by molar-refractivity contribution is 0.555. The molecular formula is C88H124N8. The van der Waals surface area contributed by atoms with Crippen molar-refractivity contribution in [3.63, 3.8) is 0 Å². The quantitative estimate of drug-likeness (QED) is 0.0371. The van der Waals surface area contributed by atoms with Crippen molar-refractivity contribution in [2.45, 2.75) is 323 Å². The van der Waals surface area contributed by atoms with E-state index in [0.717, 1.165) is 132 Å². The Morgan fingerprint density at radius 1 is 0.333 bits per heavy atom. The molecule has 9 rings (SSSR count). The highest BCUT2D eigenvalue weighted by Gasteiger charge is 2.29. The molecule has 1 atom stereocenters. The van der Waals surface area contributed by atoms with Gasteiger partial charge in [-0.15, -0.1) is 0 Å². The van der Waals surface area contributed by atoms with Gasteiger partial charge in [0.2, 0.25) is 0 Å². The van der Waals surface area contributed by atoms with E-state index in [-0.39, 0.29) is 5.92 Å². The fourth-order valence-electron chi connectivity index (χ4n) is 14.8. The highest BCUT2D eigenvalue weighted by Crippen LogP contribution is 2.39. The summed E-state index contributed by atoms with van der Waals surface area (Å²) in [6.07, 6.45) is 73.0. The van der Waals surface area contributed by atoms with Crippen LogP contribution in [0.5, 0.6) is 0 Å². The number of aliphatic imine (C=N–C) groups is 2. The molecule has 516 valence electrons. The SMILES string of the molecule is CCCCCCCCCCCCc1ccc(/C2=C3\C=CC(=N3)/C(c3ccc(CCCCCCCCCCCC)nc3)=c3/cc/c([nH]3)=C(\c3ccc(CCCCCCCCCCCC)nc3)C3=NC(=CC3)C(c3ccc(CCCCCCCCCCCC)nc3)c3ccc2[nH]3)cn1. The van der Waals surface area contributed by atoms with E-state index in [4.69, 9.17) is 29.9 Å². The number of fused-ring (bicyclic) bond motifs is 6. The molecule has 0 saturated carbocycles. The Bertz CT molecular complexity index is 3460. The summed E-state index contributed by atoms with van der Waals surface area (Å²) in [4.78, 5) is 40.3. The van der Waals surface area contributed by atoms with Crippen molar-refractivity contribution in [1.29, 1.82) is 0 Å². The van der Waals surface area contributed by atoms with Crippen molar-refractivity contribution in [2.75, 3.05) is 0 Å². The number of rotatable bonds is 48. The molecule has 9 heterocycles. The largest absolute Gasteiger partial charge is 0.357 e. The summed E-state index contributed by atoms with van der Waals surface area (Å²) in [7, 11) is 0. The van der Waals surface area contributed by atoms with Crippen LogP contribution in [-0.4, -0.2) is 41.3 Å². The molecule has 8 heteroatoms. The Kier molecular flexibility index (Phi) is 33.0. The normalized spacial score (nSPS) is 16.4. The van der Waals surface area contributed by atoms with Crippen molar-refractivity contribution in [2.24, 2.45) is 9.98 Å². The third-order valence-corrected chi connectivity index (χ3v) is 20.7. The first-order valence-electron chi connectivity index (χ1n) is 39.8. The highest BCUT2D eigenvalue weighted by atomic mass is 14.9. The predicted octanol–water partition coefficient (Wildman–Crippen LogP) is 23.5. The Morgan fingerprint density at radius 2 is 0.708 bits per heavy atom. The van der Waals surface area contributed by atoms with Gasteiger partial charge in [0.1, 0.15) is 0 Å². The molecular weight excluding hydrogens is 1170 g/mol. The van der Waals surface area contributed by atoms with Crippen LogP contribution in [0, 0.1) is 0 Å². The van der Waals surface area contributed by atoms with Gasteiger partial charge in [0.25, 0.3) is 0 Å². The van der Waals surface area contributed by atoms with E-state index in [0.29, 0.717) is 6.42 Å². The van der Waals surface area contributed by atoms with Crippen LogP contribution in [0.3, 0.4) is 0 Å². The summed E-state index contributed by atoms with van der Waals surface area (Å²) >= 11 is 0. The molecule has 0 radical (unpaired) electrons. The van der Waals surface area contributed by atoms with Gasteiger partial charge in [0.15, 0.2) is 0 Å². The van der Waals surface area contributed by atoms with E-state index in [1.807, 2.05) is 0 Å². The average Bonchev–Trinajstić information content (AvgIpc) is 1.61. The minimum absolute atomic E-state index is 0.184. The number of aromatic nitrogens is 6. The van der Waals surface area contributed by atoms with Crippen LogP contribution in [0.1, 0.15) is 353 Å². The van der Waals surface area contributed by atoms with Crippen LogP contribution in [0.25, 0.3) is 16.7 Å². The summed E-state index contributed by atoms with van der Waals surface area (Å²) < 4.78 is 0. The van der Waals surface area contributed by atoms with Crippen LogP contribution >= 0.6 is 0 Å². The minimum Gasteiger partial charge on any atom is -0.357 e. The molecule has 1 unspecified atom stereocenters. The molecule has 2 N–H and O–H groups in total. The standard InChI is InChI=1S/C88H124N8/c1-5-9-13-17-21-25-29-33-37-41-45-73-53-49-69(65-89-73)85-77-57-59-79(93-77)86(70-50-54-74(90-66-70)46-42-38-34-30-26-22-18-14-10-6-2)81-61-63-83(95-81)88(72-52-56-76(92-68-72)48-44-40-36-32-28-24-20-16-12-8-4)84-64-62-82(96-84)87(80-60-58-78(85)94-80)71-51-55-75(91-67-71)47-43-39-35-31-27-23-19-15-11-7-3/h49-63,65-68,87,94-95H,5-48,64H2,1-4H3/b85-77-,86-81-,88-83-. The van der Waals surface area contributed by atoms with E-state index in [2.05, 4.69) is 153 Å². The number of hydrogen-bond acceptors (Lipinski definition) is 6. The zero-order valence-corrected chi connectivity index (χ0v) is 60.6. The molecule has 6 aromatic rings. The van der Waals surface area contributed by atoms with Crippen molar-refractivity contribution in [1.82, 2.24) is 29.9 Å². The maximum absolute atomic E-state index is 5.76. The number of unbranched alkanes of at least 4 members (excludes halogenated alkanes) is 36. The van der Waals surface area contributed by atoms with Crippen LogP contribution in [0.15, 0.2) is 137 Å². The van der Waals surface area contributed by atoms with Gasteiger partial charge in [0.05, 0.1) is 28.7 Å². The molecule has 0 aliphatic carbocycles. The van der Waals surface area contributed by atoms with E-state index in [1.54, 1.807) is 0 Å². The summed E-state index contributed by atoms with van der Waals surface area (Å²) in [5.41, 5.74) is 17.9. The summed E-state index contributed by atoms with van der Waals surface area (Å²) in [6, 6.07) is 27.3. The van der Waals surface area contributed by atoms with Gasteiger partial charge in [-0.25, -0.2) is 4.99 Å². The molecule has 0 spiro atoms. The maximum atomic E-state index is 5.76. The van der Waals surface area contributed by atoms with Crippen LogP contribution in [0.4, 0.5) is 0 Å². The Morgan fingerprint density at radius 3 is 1.10 bits per heavy atom. The van der Waals surface area contributed by atoms with Gasteiger partial charge < -0.3 is 9.97 Å². The van der Waals surface area contributed by atoms with Crippen molar-refractivity contribution in [3.05, 3.63) is 194 Å². The second kappa shape index (κ2) is 43.0. The van der Waals surface area contributed by atoms with Crippen molar-refractivity contribution >= 4 is 28.1 Å². The van der Waals surface area contributed by atoms with Gasteiger partial charge in [-0.3, -0.25) is 24.9 Å². The number of allylic oxidation sites excluding steroid dienone is 4. The lowest BCUT2D eigenvalue weighted by Gasteiger charge is -2.17. The van der Waals surface area contributed by atoms with E-state index in [1.165, 1.54) is 257 Å². The first-order chi connectivity index (χ1) is 47.5. The highest BCUT2D eigenvalue weighted by molar-refractivity contribution is 6.30. The number of H-pyrrole nitrogens is 2. The molecule has 0 amide bonds. The topological polar surface area (TPSA) is 108 Å². The number of aromatic amines is 2. The Balaban J connectivity index is 1.04. The number of nitrogens with one attached hydrogen (secondary N) is 2. The molecule has 6 aromatic heterocycles. The number of aryl methyl sites for hydroxylation is 4. The maximum Gasteiger partial charge on any atom is 0.0737 e.